The number of amides is 4. The third-order valence-corrected chi connectivity index (χ3v) is 5.58. The smallest absolute Gasteiger partial charge is 0.326 e. The first-order valence-corrected chi connectivity index (χ1v) is 12.2. The van der Waals surface area contributed by atoms with E-state index < -0.39 is 59.9 Å². The first-order valence-electron chi connectivity index (χ1n) is 10.8. The predicted molar refractivity (Wildman–Crippen MR) is 127 cm³/mol. The maximum atomic E-state index is 12.9. The highest BCUT2D eigenvalue weighted by Gasteiger charge is 2.32. The molecule has 0 saturated carbocycles. The van der Waals surface area contributed by atoms with Gasteiger partial charge in [-0.15, -0.1) is 0 Å². The third kappa shape index (κ3) is 10.7. The first-order chi connectivity index (χ1) is 16.5. The van der Waals surface area contributed by atoms with Crippen LogP contribution in [0.1, 0.15) is 31.9 Å². The molecule has 1 heterocycles. The molecule has 1 aromatic rings. The van der Waals surface area contributed by atoms with E-state index in [4.69, 9.17) is 11.5 Å². The van der Waals surface area contributed by atoms with Gasteiger partial charge in [0.1, 0.15) is 18.1 Å². The number of hydrogen-bond donors (Lipinski definition) is 8. The number of imidazole rings is 1. The number of carbonyl (C=O) groups is 5. The van der Waals surface area contributed by atoms with E-state index in [0.717, 1.165) is 0 Å². The summed E-state index contributed by atoms with van der Waals surface area (Å²) in [6, 6.07) is -5.02. The molecule has 0 spiro atoms. The summed E-state index contributed by atoms with van der Waals surface area (Å²) in [6.45, 7) is 1.27. The highest BCUT2D eigenvalue weighted by atomic mass is 32.2. The van der Waals surface area contributed by atoms with Crippen LogP contribution in [0.3, 0.4) is 0 Å². The van der Waals surface area contributed by atoms with E-state index in [1.54, 1.807) is 6.26 Å². The zero-order valence-corrected chi connectivity index (χ0v) is 20.3. The normalized spacial score (nSPS) is 15.2. The molecule has 0 aliphatic rings. The molecule has 14 nitrogen and oxygen atoms in total. The number of aromatic nitrogens is 2. The molecule has 4 amide bonds. The molecule has 1 aromatic heterocycles. The van der Waals surface area contributed by atoms with Crippen molar-refractivity contribution in [3.8, 4) is 0 Å². The number of aliphatic hydroxyl groups is 1. The highest BCUT2D eigenvalue weighted by molar-refractivity contribution is 7.98. The van der Waals surface area contributed by atoms with Crippen LogP contribution in [0.25, 0.3) is 0 Å². The summed E-state index contributed by atoms with van der Waals surface area (Å²) in [4.78, 5) is 67.1. The van der Waals surface area contributed by atoms with Gasteiger partial charge in [0.05, 0.1) is 18.5 Å². The second kappa shape index (κ2) is 15.0. The minimum atomic E-state index is -1.45. The van der Waals surface area contributed by atoms with Gasteiger partial charge in [-0.05, 0) is 31.8 Å². The van der Waals surface area contributed by atoms with Gasteiger partial charge in [-0.25, -0.2) is 9.78 Å². The molecule has 5 atom stereocenters. The van der Waals surface area contributed by atoms with Gasteiger partial charge in [0.25, 0.3) is 0 Å². The van der Waals surface area contributed by atoms with E-state index in [1.165, 1.54) is 31.2 Å². The maximum absolute atomic E-state index is 12.9. The first kappa shape index (κ1) is 29.9. The molecule has 0 aromatic carbocycles. The summed E-state index contributed by atoms with van der Waals surface area (Å²) in [5.74, 6) is -3.86. The van der Waals surface area contributed by atoms with Crippen LogP contribution < -0.4 is 27.4 Å². The number of nitrogens with one attached hydrogen (secondary N) is 4. The van der Waals surface area contributed by atoms with Gasteiger partial charge < -0.3 is 42.6 Å². The quantitative estimate of drug-likeness (QED) is 0.112. The number of nitrogens with zero attached hydrogens (tertiary/aromatic N) is 1. The number of aromatic amines is 1. The van der Waals surface area contributed by atoms with Crippen molar-refractivity contribution in [1.82, 2.24) is 25.9 Å². The zero-order chi connectivity index (χ0) is 26.5. The number of rotatable bonds is 16. The molecule has 0 radical (unpaired) electrons. The number of nitrogens with two attached hydrogens (primary N) is 2. The number of thioether (sulfide) groups is 1. The van der Waals surface area contributed by atoms with Gasteiger partial charge in [-0.3, -0.25) is 19.2 Å². The Balaban J connectivity index is 2.90. The summed E-state index contributed by atoms with van der Waals surface area (Å²) < 4.78 is 0. The fraction of sp³-hybridized carbons (Fsp3) is 0.600. The van der Waals surface area contributed by atoms with E-state index >= 15 is 0 Å². The number of aliphatic hydroxyl groups excluding tert-OH is 1. The Morgan fingerprint density at radius 2 is 1.74 bits per heavy atom. The number of carbonyl (C=O) groups excluding carboxylic acids is 4. The van der Waals surface area contributed by atoms with Gasteiger partial charge in [-0.1, -0.05) is 0 Å². The van der Waals surface area contributed by atoms with E-state index in [9.17, 15) is 34.2 Å². The summed E-state index contributed by atoms with van der Waals surface area (Å²) >= 11 is 1.41. The van der Waals surface area contributed by atoms with Crippen molar-refractivity contribution in [2.75, 3.05) is 12.0 Å². The van der Waals surface area contributed by atoms with Crippen LogP contribution in [-0.2, 0) is 30.4 Å². The second-order valence-electron chi connectivity index (χ2n) is 7.86. The number of primary amides is 1. The van der Waals surface area contributed by atoms with E-state index in [0.29, 0.717) is 11.4 Å². The van der Waals surface area contributed by atoms with Crippen molar-refractivity contribution >= 4 is 41.4 Å². The monoisotopic (exact) mass is 515 g/mol. The van der Waals surface area contributed by atoms with Crippen LogP contribution in [0.5, 0.6) is 0 Å². The summed E-state index contributed by atoms with van der Waals surface area (Å²) in [5.41, 5.74) is 11.2. The molecular weight excluding hydrogens is 482 g/mol. The molecule has 35 heavy (non-hydrogen) atoms. The van der Waals surface area contributed by atoms with Crippen LogP contribution in [-0.4, -0.2) is 92.1 Å². The number of carboxylic acid groups (broad SMARTS) is 1. The lowest BCUT2D eigenvalue weighted by molar-refractivity contribution is -0.142. The lowest BCUT2D eigenvalue weighted by Gasteiger charge is -2.26. The molecular formula is C20H33N7O7S. The van der Waals surface area contributed by atoms with Crippen LogP contribution in [0.4, 0.5) is 0 Å². The molecule has 15 heteroatoms. The number of carboxylic acids is 1. The van der Waals surface area contributed by atoms with Crippen LogP contribution in [0.2, 0.25) is 0 Å². The average Bonchev–Trinajstić information content (AvgIpc) is 3.30. The second-order valence-corrected chi connectivity index (χ2v) is 8.85. The Labute approximate surface area is 206 Å². The molecule has 0 aliphatic heterocycles. The van der Waals surface area contributed by atoms with Crippen molar-refractivity contribution in [3.05, 3.63) is 18.2 Å². The molecule has 1 rings (SSSR count). The average molecular weight is 516 g/mol. The van der Waals surface area contributed by atoms with Crippen LogP contribution in [0, 0.1) is 0 Å². The lowest BCUT2D eigenvalue weighted by Crippen LogP contribution is -2.60. The van der Waals surface area contributed by atoms with E-state index in [2.05, 4.69) is 25.9 Å². The largest absolute Gasteiger partial charge is 0.480 e. The third-order valence-electron chi connectivity index (χ3n) is 4.94. The van der Waals surface area contributed by atoms with Crippen molar-refractivity contribution in [1.29, 1.82) is 0 Å². The van der Waals surface area contributed by atoms with Crippen molar-refractivity contribution in [2.45, 2.75) is 62.9 Å². The summed E-state index contributed by atoms with van der Waals surface area (Å²) in [5, 5.41) is 26.7. The highest BCUT2D eigenvalue weighted by Crippen LogP contribution is 2.06. The molecule has 0 aliphatic carbocycles. The van der Waals surface area contributed by atoms with Crippen molar-refractivity contribution in [3.63, 3.8) is 0 Å². The lowest BCUT2D eigenvalue weighted by atomic mass is 10.1. The minimum Gasteiger partial charge on any atom is -0.480 e. The SMILES string of the molecule is CSCCC(NC(=O)C(NC(=O)C(N)CCC(N)=O)C(C)O)C(=O)NC(Cc1cnc[nH]1)C(=O)O. The topological polar surface area (TPSA) is 243 Å². The number of aliphatic carboxylic acids is 1. The van der Waals surface area contributed by atoms with Crippen molar-refractivity contribution in [2.24, 2.45) is 11.5 Å². The minimum absolute atomic E-state index is 0.0546. The van der Waals surface area contributed by atoms with Crippen LogP contribution in [0.15, 0.2) is 12.5 Å². The maximum Gasteiger partial charge on any atom is 0.326 e. The van der Waals surface area contributed by atoms with Crippen LogP contribution >= 0.6 is 11.8 Å². The predicted octanol–water partition coefficient (Wildman–Crippen LogP) is -2.78. The molecule has 0 saturated heterocycles. The Hall–Kier alpha value is -3.17. The standard InChI is InChI=1S/C20H33N7O7S/c1-10(28)16(27-17(30)12(21)3-4-15(22)29)19(32)25-13(5-6-35-2)18(31)26-14(20(33)34)7-11-8-23-9-24-11/h8-10,12-14,16,28H,3-7,21H2,1-2H3,(H2,22,29)(H,23,24)(H,25,32)(H,26,31)(H,27,30)(H,33,34). The van der Waals surface area contributed by atoms with Crippen molar-refractivity contribution < 1.29 is 34.2 Å². The fourth-order valence-corrected chi connectivity index (χ4v) is 3.42. The van der Waals surface area contributed by atoms with Gasteiger partial charge in [0.2, 0.25) is 23.6 Å². The molecule has 0 bridgehead atoms. The Morgan fingerprint density at radius 1 is 1.09 bits per heavy atom. The Morgan fingerprint density at radius 3 is 2.26 bits per heavy atom. The van der Waals surface area contributed by atoms with Gasteiger partial charge in [0.15, 0.2) is 0 Å². The van der Waals surface area contributed by atoms with Gasteiger partial charge in [0, 0.05) is 24.7 Å². The van der Waals surface area contributed by atoms with Gasteiger partial charge in [-0.2, -0.15) is 11.8 Å². The van der Waals surface area contributed by atoms with E-state index in [1.807, 2.05) is 0 Å². The fourth-order valence-electron chi connectivity index (χ4n) is 2.95. The Kier molecular flexibility index (Phi) is 12.8. The Bertz CT molecular complexity index is 866. The molecule has 196 valence electrons. The molecule has 10 N–H and O–H groups in total. The van der Waals surface area contributed by atoms with Gasteiger partial charge >= 0.3 is 5.97 Å². The summed E-state index contributed by atoms with van der Waals surface area (Å²) in [6.07, 6.45) is 3.16. The molecule has 0 fully saturated rings. The zero-order valence-electron chi connectivity index (χ0n) is 19.5. The van der Waals surface area contributed by atoms with E-state index in [-0.39, 0.29) is 25.7 Å². The number of hydrogen-bond acceptors (Lipinski definition) is 9. The number of H-pyrrole nitrogens is 1. The summed E-state index contributed by atoms with van der Waals surface area (Å²) in [7, 11) is 0. The molecule has 5 unspecified atom stereocenters.